The highest BCUT2D eigenvalue weighted by molar-refractivity contribution is 9.10. The van der Waals surface area contributed by atoms with Crippen LogP contribution in [0.5, 0.6) is 5.75 Å². The minimum atomic E-state index is -0.953. The van der Waals surface area contributed by atoms with Crippen molar-refractivity contribution in [3.63, 3.8) is 0 Å². The van der Waals surface area contributed by atoms with E-state index in [9.17, 15) is 14.5 Å². The summed E-state index contributed by atoms with van der Waals surface area (Å²) in [5.74, 6) is -1.08. The highest BCUT2D eigenvalue weighted by Gasteiger charge is 2.20. The quantitative estimate of drug-likeness (QED) is 0.623. The molecule has 1 rings (SSSR count). The van der Waals surface area contributed by atoms with E-state index in [1.54, 1.807) is 6.92 Å². The average Bonchev–Trinajstić information content (AvgIpc) is 2.11. The van der Waals surface area contributed by atoms with Gasteiger partial charge in [-0.05, 0) is 28.9 Å². The molecule has 0 aliphatic heterocycles. The van der Waals surface area contributed by atoms with Gasteiger partial charge in [-0.25, -0.2) is 0 Å². The van der Waals surface area contributed by atoms with Crippen LogP contribution in [-0.2, 0) is 0 Å². The Kier molecular flexibility index (Phi) is 3.40. The molecule has 0 spiro atoms. The van der Waals surface area contributed by atoms with Gasteiger partial charge in [0.05, 0.1) is 16.0 Å². The Hall–Kier alpha value is -1.17. The van der Waals surface area contributed by atoms with E-state index in [0.29, 0.717) is 4.47 Å². The Bertz CT molecular complexity index is 370. The molecule has 0 aliphatic rings. The maximum absolute atomic E-state index is 13.4. The van der Waals surface area contributed by atoms with E-state index < -0.39 is 16.4 Å². The highest BCUT2D eigenvalue weighted by atomic mass is 79.9. The first kappa shape index (κ1) is 10.9. The molecular formula is C8H7BrFNO3. The van der Waals surface area contributed by atoms with Gasteiger partial charge >= 0.3 is 5.69 Å². The number of nitro benzene ring substituents is 1. The van der Waals surface area contributed by atoms with E-state index in [-0.39, 0.29) is 12.4 Å². The standard InChI is InChI=1S/C8H7BrFNO3/c1-2-14-8-5(9)3-4-6(7(8)10)11(12)13/h3-4H,2H2,1H3. The fourth-order valence-corrected chi connectivity index (χ4v) is 1.36. The minimum Gasteiger partial charge on any atom is -0.489 e. The largest absolute Gasteiger partial charge is 0.489 e. The summed E-state index contributed by atoms with van der Waals surface area (Å²) in [6.07, 6.45) is 0. The van der Waals surface area contributed by atoms with Crippen molar-refractivity contribution in [1.82, 2.24) is 0 Å². The van der Waals surface area contributed by atoms with Crippen molar-refractivity contribution < 1.29 is 14.1 Å². The van der Waals surface area contributed by atoms with Crippen LogP contribution in [0.4, 0.5) is 10.1 Å². The zero-order valence-corrected chi connectivity index (χ0v) is 8.88. The predicted octanol–water partition coefficient (Wildman–Crippen LogP) is 2.90. The normalized spacial score (nSPS) is 9.93. The Morgan fingerprint density at radius 2 is 2.29 bits per heavy atom. The van der Waals surface area contributed by atoms with Crippen molar-refractivity contribution in [3.8, 4) is 5.75 Å². The molecule has 0 aliphatic carbocycles. The first-order valence-electron chi connectivity index (χ1n) is 3.83. The van der Waals surface area contributed by atoms with E-state index in [2.05, 4.69) is 15.9 Å². The van der Waals surface area contributed by atoms with Crippen molar-refractivity contribution in [2.24, 2.45) is 0 Å². The molecular weight excluding hydrogens is 257 g/mol. The monoisotopic (exact) mass is 263 g/mol. The highest BCUT2D eigenvalue weighted by Crippen LogP contribution is 2.33. The summed E-state index contributed by atoms with van der Waals surface area (Å²) >= 11 is 3.04. The summed E-state index contributed by atoms with van der Waals surface area (Å²) in [7, 11) is 0. The summed E-state index contributed by atoms with van der Waals surface area (Å²) < 4.78 is 18.7. The van der Waals surface area contributed by atoms with E-state index in [1.807, 2.05) is 0 Å². The van der Waals surface area contributed by atoms with Gasteiger partial charge in [0, 0.05) is 6.07 Å². The van der Waals surface area contributed by atoms with Crippen LogP contribution in [0.25, 0.3) is 0 Å². The summed E-state index contributed by atoms with van der Waals surface area (Å²) in [6.45, 7) is 1.92. The SMILES string of the molecule is CCOc1c(Br)ccc([N+](=O)[O-])c1F. The Labute approximate surface area is 88.0 Å². The summed E-state index contributed by atoms with van der Waals surface area (Å²) in [5, 5.41) is 10.4. The van der Waals surface area contributed by atoms with Gasteiger partial charge in [0.2, 0.25) is 5.82 Å². The van der Waals surface area contributed by atoms with Gasteiger partial charge in [-0.1, -0.05) is 0 Å². The molecule has 6 heteroatoms. The van der Waals surface area contributed by atoms with Gasteiger partial charge in [-0.3, -0.25) is 10.1 Å². The second kappa shape index (κ2) is 4.36. The molecule has 0 bridgehead atoms. The minimum absolute atomic E-state index is 0.123. The molecule has 0 radical (unpaired) electrons. The third-order valence-electron chi connectivity index (χ3n) is 1.51. The third-order valence-corrected chi connectivity index (χ3v) is 2.14. The van der Waals surface area contributed by atoms with Crippen molar-refractivity contribution >= 4 is 21.6 Å². The molecule has 0 saturated heterocycles. The average molecular weight is 264 g/mol. The number of hydrogen-bond donors (Lipinski definition) is 0. The molecule has 76 valence electrons. The second-order valence-corrected chi connectivity index (χ2v) is 3.25. The lowest BCUT2D eigenvalue weighted by molar-refractivity contribution is -0.387. The number of hydrogen-bond acceptors (Lipinski definition) is 3. The molecule has 14 heavy (non-hydrogen) atoms. The van der Waals surface area contributed by atoms with Crippen LogP contribution >= 0.6 is 15.9 Å². The summed E-state index contributed by atoms with van der Waals surface area (Å²) in [4.78, 5) is 9.60. The first-order valence-corrected chi connectivity index (χ1v) is 4.62. The van der Waals surface area contributed by atoms with Gasteiger partial charge in [0.25, 0.3) is 0 Å². The molecule has 0 saturated carbocycles. The molecule has 1 aromatic carbocycles. The molecule has 0 heterocycles. The van der Waals surface area contributed by atoms with Gasteiger partial charge in [-0.15, -0.1) is 0 Å². The molecule has 4 nitrogen and oxygen atoms in total. The van der Waals surface area contributed by atoms with Crippen LogP contribution in [0, 0.1) is 15.9 Å². The van der Waals surface area contributed by atoms with Gasteiger partial charge < -0.3 is 4.74 Å². The number of ether oxygens (including phenoxy) is 1. The molecule has 0 fully saturated rings. The first-order chi connectivity index (χ1) is 6.57. The Morgan fingerprint density at radius 3 is 2.79 bits per heavy atom. The maximum Gasteiger partial charge on any atom is 0.308 e. The molecule has 0 atom stereocenters. The lowest BCUT2D eigenvalue weighted by atomic mass is 10.3. The van der Waals surface area contributed by atoms with E-state index >= 15 is 0 Å². The molecule has 0 amide bonds. The lowest BCUT2D eigenvalue weighted by Gasteiger charge is -2.06. The molecule has 0 unspecified atom stereocenters. The predicted molar refractivity (Wildman–Crippen MR) is 51.9 cm³/mol. The van der Waals surface area contributed by atoms with Crippen LogP contribution in [0.3, 0.4) is 0 Å². The fourth-order valence-electron chi connectivity index (χ4n) is 0.940. The van der Waals surface area contributed by atoms with E-state index in [1.165, 1.54) is 6.07 Å². The van der Waals surface area contributed by atoms with Gasteiger partial charge in [0.15, 0.2) is 5.75 Å². The van der Waals surface area contributed by atoms with Crippen molar-refractivity contribution in [2.75, 3.05) is 6.61 Å². The number of nitrogens with zero attached hydrogens (tertiary/aromatic N) is 1. The van der Waals surface area contributed by atoms with E-state index in [0.717, 1.165) is 6.07 Å². The topological polar surface area (TPSA) is 52.4 Å². The lowest BCUT2D eigenvalue weighted by Crippen LogP contribution is -1.99. The summed E-state index contributed by atoms with van der Waals surface area (Å²) in [6, 6.07) is 2.47. The van der Waals surface area contributed by atoms with Crippen molar-refractivity contribution in [1.29, 1.82) is 0 Å². The molecule has 0 N–H and O–H groups in total. The second-order valence-electron chi connectivity index (χ2n) is 2.40. The van der Waals surface area contributed by atoms with Crippen LogP contribution in [0.2, 0.25) is 0 Å². The molecule has 1 aromatic rings. The number of rotatable bonds is 3. The number of halogens is 2. The number of benzene rings is 1. The smallest absolute Gasteiger partial charge is 0.308 e. The Balaban J connectivity index is 3.26. The zero-order valence-electron chi connectivity index (χ0n) is 7.29. The van der Waals surface area contributed by atoms with Crippen LogP contribution < -0.4 is 4.74 Å². The van der Waals surface area contributed by atoms with Gasteiger partial charge in [0.1, 0.15) is 0 Å². The molecule has 0 aromatic heterocycles. The fraction of sp³-hybridized carbons (Fsp3) is 0.250. The maximum atomic E-state index is 13.4. The van der Waals surface area contributed by atoms with E-state index in [4.69, 9.17) is 4.74 Å². The third kappa shape index (κ3) is 2.01. The van der Waals surface area contributed by atoms with Crippen molar-refractivity contribution in [2.45, 2.75) is 6.92 Å². The summed E-state index contributed by atoms with van der Waals surface area (Å²) in [5.41, 5.74) is -0.586. The number of nitro groups is 1. The van der Waals surface area contributed by atoms with Crippen molar-refractivity contribution in [3.05, 3.63) is 32.5 Å². The van der Waals surface area contributed by atoms with Gasteiger partial charge in [-0.2, -0.15) is 4.39 Å². The van der Waals surface area contributed by atoms with Crippen LogP contribution in [0.1, 0.15) is 6.92 Å². The zero-order chi connectivity index (χ0) is 10.7. The van der Waals surface area contributed by atoms with Crippen LogP contribution in [-0.4, -0.2) is 11.5 Å². The Morgan fingerprint density at radius 1 is 1.64 bits per heavy atom. The van der Waals surface area contributed by atoms with Crippen LogP contribution in [0.15, 0.2) is 16.6 Å².